The average Bonchev–Trinajstić information content (AvgIpc) is 2.63. The summed E-state index contributed by atoms with van der Waals surface area (Å²) in [6, 6.07) is 8.24. The van der Waals surface area contributed by atoms with Crippen LogP contribution in [0.1, 0.15) is 22.3 Å². The van der Waals surface area contributed by atoms with Gasteiger partial charge in [0, 0.05) is 24.4 Å². The van der Waals surface area contributed by atoms with E-state index in [1.807, 2.05) is 43.0 Å². The Balaban J connectivity index is 2.19. The second-order valence-electron chi connectivity index (χ2n) is 5.71. The molecule has 0 aromatic heterocycles. The third-order valence-electron chi connectivity index (χ3n) is 3.54. The number of carbonyl (C=O) groups is 1. The van der Waals surface area contributed by atoms with Gasteiger partial charge in [0.2, 0.25) is 0 Å². The highest BCUT2D eigenvalue weighted by Crippen LogP contribution is 2.19. The van der Waals surface area contributed by atoms with Gasteiger partial charge in [-0.2, -0.15) is 11.8 Å². The molecule has 20 heavy (non-hydrogen) atoms. The summed E-state index contributed by atoms with van der Waals surface area (Å²) in [5, 5.41) is 0. The van der Waals surface area contributed by atoms with Gasteiger partial charge >= 0.3 is 0 Å². The predicted molar refractivity (Wildman–Crippen MR) is 86.5 cm³/mol. The molecular weight excluding hydrogens is 268 g/mol. The molecule has 0 aliphatic carbocycles. The van der Waals surface area contributed by atoms with Crippen molar-refractivity contribution in [2.75, 3.05) is 38.7 Å². The minimum absolute atomic E-state index is 0.183. The summed E-state index contributed by atoms with van der Waals surface area (Å²) in [7, 11) is 4.15. The van der Waals surface area contributed by atoms with Crippen molar-refractivity contribution in [2.45, 2.75) is 19.4 Å². The minimum atomic E-state index is 0.183. The van der Waals surface area contributed by atoms with E-state index >= 15 is 0 Å². The van der Waals surface area contributed by atoms with E-state index in [9.17, 15) is 4.79 Å². The van der Waals surface area contributed by atoms with Gasteiger partial charge in [0.1, 0.15) is 0 Å². The summed E-state index contributed by atoms with van der Waals surface area (Å²) < 4.78 is 0. The molecule has 4 heteroatoms. The van der Waals surface area contributed by atoms with Crippen LogP contribution in [0.4, 0.5) is 0 Å². The standard InChI is InChI=1S/C16H24N2OS/c1-13-6-4-7-14(10-13)16(19)18-8-5-9-20-12-15(18)11-17(2)3/h4,6-7,10,15H,5,8-9,11-12H2,1-3H3. The molecule has 2 rings (SSSR count). The van der Waals surface area contributed by atoms with Gasteiger partial charge in [-0.05, 0) is 45.3 Å². The minimum Gasteiger partial charge on any atom is -0.334 e. The third kappa shape index (κ3) is 4.00. The predicted octanol–water partition coefficient (Wildman–Crippen LogP) is 2.50. The maximum atomic E-state index is 12.8. The van der Waals surface area contributed by atoms with E-state index in [0.29, 0.717) is 6.04 Å². The first-order valence-electron chi connectivity index (χ1n) is 7.18. The van der Waals surface area contributed by atoms with Crippen molar-refractivity contribution in [3.8, 4) is 0 Å². The SMILES string of the molecule is Cc1cccc(C(=O)N2CCCSCC2CN(C)C)c1. The lowest BCUT2D eigenvalue weighted by atomic mass is 10.1. The van der Waals surface area contributed by atoms with Gasteiger partial charge in [-0.15, -0.1) is 0 Å². The van der Waals surface area contributed by atoms with E-state index in [1.165, 1.54) is 0 Å². The number of nitrogens with zero attached hydrogens (tertiary/aromatic N) is 2. The molecule has 1 saturated heterocycles. The number of aryl methyl sites for hydroxylation is 1. The van der Waals surface area contributed by atoms with Gasteiger partial charge in [0.25, 0.3) is 5.91 Å². The second-order valence-corrected chi connectivity index (χ2v) is 6.86. The van der Waals surface area contributed by atoms with Crippen LogP contribution in [0, 0.1) is 6.92 Å². The van der Waals surface area contributed by atoms with Crippen molar-refractivity contribution in [1.29, 1.82) is 0 Å². The van der Waals surface area contributed by atoms with Crippen molar-refractivity contribution in [3.05, 3.63) is 35.4 Å². The van der Waals surface area contributed by atoms with Crippen molar-refractivity contribution < 1.29 is 4.79 Å². The normalized spacial score (nSPS) is 20.0. The molecule has 0 saturated carbocycles. The molecule has 1 amide bonds. The largest absolute Gasteiger partial charge is 0.334 e. The second kappa shape index (κ2) is 7.14. The maximum absolute atomic E-state index is 12.8. The number of likely N-dealkylation sites (N-methyl/N-ethyl adjacent to an activating group) is 1. The highest BCUT2D eigenvalue weighted by molar-refractivity contribution is 7.99. The molecule has 0 N–H and O–H groups in total. The molecule has 1 aliphatic heterocycles. The molecule has 1 aliphatic rings. The fourth-order valence-electron chi connectivity index (χ4n) is 2.61. The quantitative estimate of drug-likeness (QED) is 0.855. The first-order valence-corrected chi connectivity index (χ1v) is 8.33. The Morgan fingerprint density at radius 3 is 2.95 bits per heavy atom. The van der Waals surface area contributed by atoms with E-state index in [2.05, 4.69) is 23.9 Å². The smallest absolute Gasteiger partial charge is 0.254 e. The Kier molecular flexibility index (Phi) is 5.49. The van der Waals surface area contributed by atoms with Crippen molar-refractivity contribution >= 4 is 17.7 Å². The van der Waals surface area contributed by atoms with Gasteiger partial charge in [-0.1, -0.05) is 17.7 Å². The highest BCUT2D eigenvalue weighted by atomic mass is 32.2. The third-order valence-corrected chi connectivity index (χ3v) is 4.74. The molecule has 1 heterocycles. The summed E-state index contributed by atoms with van der Waals surface area (Å²) in [5.74, 6) is 2.38. The zero-order valence-electron chi connectivity index (χ0n) is 12.6. The number of carbonyl (C=O) groups excluding carboxylic acids is 1. The van der Waals surface area contributed by atoms with Crippen LogP contribution in [0.15, 0.2) is 24.3 Å². The van der Waals surface area contributed by atoms with Crippen LogP contribution in [-0.4, -0.2) is 60.4 Å². The monoisotopic (exact) mass is 292 g/mol. The van der Waals surface area contributed by atoms with Gasteiger partial charge in [-0.3, -0.25) is 4.79 Å². The molecule has 0 spiro atoms. The number of benzene rings is 1. The number of amides is 1. The number of thioether (sulfide) groups is 1. The zero-order chi connectivity index (χ0) is 14.5. The molecule has 110 valence electrons. The van der Waals surface area contributed by atoms with E-state index < -0.39 is 0 Å². The summed E-state index contributed by atoms with van der Waals surface area (Å²) in [4.78, 5) is 17.0. The zero-order valence-corrected chi connectivity index (χ0v) is 13.4. The lowest BCUT2D eigenvalue weighted by Crippen LogP contribution is -2.46. The Bertz CT molecular complexity index is 462. The number of rotatable bonds is 3. The Hall–Kier alpha value is -1.00. The number of hydrogen-bond acceptors (Lipinski definition) is 3. The molecule has 3 nitrogen and oxygen atoms in total. The topological polar surface area (TPSA) is 23.6 Å². The Morgan fingerprint density at radius 2 is 2.25 bits per heavy atom. The lowest BCUT2D eigenvalue weighted by Gasteiger charge is -2.31. The average molecular weight is 292 g/mol. The Morgan fingerprint density at radius 1 is 1.45 bits per heavy atom. The number of hydrogen-bond donors (Lipinski definition) is 0. The molecular formula is C16H24N2OS. The maximum Gasteiger partial charge on any atom is 0.254 e. The van der Waals surface area contributed by atoms with Crippen LogP contribution < -0.4 is 0 Å². The first kappa shape index (κ1) is 15.4. The van der Waals surface area contributed by atoms with Gasteiger partial charge < -0.3 is 9.80 Å². The van der Waals surface area contributed by atoms with Crippen LogP contribution in [0.25, 0.3) is 0 Å². The Labute approximate surface area is 126 Å². The van der Waals surface area contributed by atoms with E-state index in [1.54, 1.807) is 0 Å². The fourth-order valence-corrected chi connectivity index (χ4v) is 3.67. The van der Waals surface area contributed by atoms with Gasteiger partial charge in [0.05, 0.1) is 6.04 Å². The molecule has 0 radical (unpaired) electrons. The summed E-state index contributed by atoms with van der Waals surface area (Å²) in [6.45, 7) is 3.84. The summed E-state index contributed by atoms with van der Waals surface area (Å²) in [6.07, 6.45) is 1.09. The van der Waals surface area contributed by atoms with E-state index in [-0.39, 0.29) is 5.91 Å². The fraction of sp³-hybridized carbons (Fsp3) is 0.562. The highest BCUT2D eigenvalue weighted by Gasteiger charge is 2.26. The lowest BCUT2D eigenvalue weighted by molar-refractivity contribution is 0.0675. The molecule has 0 bridgehead atoms. The van der Waals surface area contributed by atoms with Crippen molar-refractivity contribution in [1.82, 2.24) is 9.80 Å². The molecule has 1 aromatic rings. The van der Waals surface area contributed by atoms with Crippen LogP contribution in [0.2, 0.25) is 0 Å². The molecule has 1 fully saturated rings. The van der Waals surface area contributed by atoms with Crippen molar-refractivity contribution in [2.24, 2.45) is 0 Å². The van der Waals surface area contributed by atoms with E-state index in [0.717, 1.165) is 42.1 Å². The molecule has 1 aromatic carbocycles. The van der Waals surface area contributed by atoms with Gasteiger partial charge in [0.15, 0.2) is 0 Å². The molecule has 1 unspecified atom stereocenters. The van der Waals surface area contributed by atoms with Crippen LogP contribution >= 0.6 is 11.8 Å². The van der Waals surface area contributed by atoms with E-state index in [4.69, 9.17) is 0 Å². The van der Waals surface area contributed by atoms with Crippen LogP contribution in [0.5, 0.6) is 0 Å². The summed E-state index contributed by atoms with van der Waals surface area (Å²) >= 11 is 1.96. The summed E-state index contributed by atoms with van der Waals surface area (Å²) in [5.41, 5.74) is 1.96. The van der Waals surface area contributed by atoms with Crippen LogP contribution in [-0.2, 0) is 0 Å². The molecule has 1 atom stereocenters. The first-order chi connectivity index (χ1) is 9.58. The van der Waals surface area contributed by atoms with Crippen LogP contribution in [0.3, 0.4) is 0 Å². The van der Waals surface area contributed by atoms with Crippen molar-refractivity contribution in [3.63, 3.8) is 0 Å². The van der Waals surface area contributed by atoms with Gasteiger partial charge in [-0.25, -0.2) is 0 Å².